The number of pyridine rings is 1. The Hall–Kier alpha value is -1.79. The maximum absolute atomic E-state index is 12.5. The van der Waals surface area contributed by atoms with E-state index in [-0.39, 0.29) is 15.7 Å². The third-order valence-corrected chi connectivity index (χ3v) is 4.95. The average molecular weight is 312 g/mol. The zero-order valence-corrected chi connectivity index (χ0v) is 12.6. The van der Waals surface area contributed by atoms with Crippen LogP contribution < -0.4 is 10.0 Å². The minimum absolute atomic E-state index is 0.000208. The van der Waals surface area contributed by atoms with Crippen molar-refractivity contribution >= 4 is 33.1 Å². The van der Waals surface area contributed by atoms with Crippen molar-refractivity contribution in [3.8, 4) is 0 Å². The Balaban J connectivity index is 2.43. The number of hydrogen-bond acceptors (Lipinski definition) is 4. The van der Waals surface area contributed by atoms with E-state index in [1.54, 1.807) is 12.1 Å². The molecule has 1 heterocycles. The van der Waals surface area contributed by atoms with Gasteiger partial charge in [-0.05, 0) is 25.1 Å². The predicted molar refractivity (Wildman–Crippen MR) is 80.4 cm³/mol. The number of aromatic nitrogens is 1. The van der Waals surface area contributed by atoms with Gasteiger partial charge in [0.1, 0.15) is 10.7 Å². The number of hydrogen-bond donors (Lipinski definition) is 1. The van der Waals surface area contributed by atoms with Gasteiger partial charge >= 0.3 is 0 Å². The molecule has 0 atom stereocenters. The number of sulfonamides is 1. The van der Waals surface area contributed by atoms with Crippen LogP contribution in [0.4, 0.5) is 11.5 Å². The van der Waals surface area contributed by atoms with Crippen molar-refractivity contribution in [1.29, 1.82) is 0 Å². The van der Waals surface area contributed by atoms with Crippen molar-refractivity contribution < 1.29 is 8.42 Å². The highest BCUT2D eigenvalue weighted by Gasteiger charge is 2.22. The largest absolute Gasteiger partial charge is 0.382 e. The highest BCUT2D eigenvalue weighted by atomic mass is 35.5. The molecule has 7 heteroatoms. The Bertz CT molecular complexity index is 730. The summed E-state index contributed by atoms with van der Waals surface area (Å²) in [5, 5.41) is 0.114. The van der Waals surface area contributed by atoms with Crippen LogP contribution in [0, 0.1) is 6.92 Å². The second-order valence-corrected chi connectivity index (χ2v) is 6.72. The average Bonchev–Trinajstić information content (AvgIpc) is 2.41. The van der Waals surface area contributed by atoms with E-state index in [1.165, 1.54) is 23.6 Å². The quantitative estimate of drug-likeness (QED) is 0.944. The Kier molecular flexibility index (Phi) is 3.87. The van der Waals surface area contributed by atoms with Crippen LogP contribution in [-0.2, 0) is 10.0 Å². The lowest BCUT2D eigenvalue weighted by molar-refractivity contribution is 0.594. The van der Waals surface area contributed by atoms with Gasteiger partial charge in [0.25, 0.3) is 10.0 Å². The van der Waals surface area contributed by atoms with Crippen LogP contribution in [0.3, 0.4) is 0 Å². The topological polar surface area (TPSA) is 76.3 Å². The Morgan fingerprint density at radius 3 is 2.40 bits per heavy atom. The summed E-state index contributed by atoms with van der Waals surface area (Å²) in [6.07, 6.45) is 1.20. The molecular weight excluding hydrogens is 298 g/mol. The lowest BCUT2D eigenvalue weighted by Crippen LogP contribution is -2.26. The first-order chi connectivity index (χ1) is 9.32. The molecule has 0 aliphatic rings. The number of anilines is 2. The molecule has 0 aliphatic carbocycles. The molecule has 0 spiro atoms. The van der Waals surface area contributed by atoms with E-state index < -0.39 is 10.0 Å². The molecule has 0 amide bonds. The van der Waals surface area contributed by atoms with Crippen LogP contribution in [0.25, 0.3) is 0 Å². The molecule has 0 unspecified atom stereocenters. The Morgan fingerprint density at radius 1 is 1.25 bits per heavy atom. The molecule has 0 radical (unpaired) electrons. The van der Waals surface area contributed by atoms with Gasteiger partial charge in [-0.15, -0.1) is 0 Å². The number of benzene rings is 1. The molecule has 0 bridgehead atoms. The number of nitrogens with zero attached hydrogens (tertiary/aromatic N) is 2. The second kappa shape index (κ2) is 5.30. The molecule has 2 rings (SSSR count). The number of aryl methyl sites for hydroxylation is 1. The van der Waals surface area contributed by atoms with Crippen LogP contribution in [0.15, 0.2) is 41.4 Å². The third-order valence-electron chi connectivity index (χ3n) is 2.90. The van der Waals surface area contributed by atoms with Crippen LogP contribution in [0.2, 0.25) is 5.02 Å². The van der Waals surface area contributed by atoms with E-state index in [4.69, 9.17) is 17.3 Å². The van der Waals surface area contributed by atoms with Crippen molar-refractivity contribution in [1.82, 2.24) is 4.98 Å². The van der Waals surface area contributed by atoms with Crippen LogP contribution in [0.5, 0.6) is 0 Å². The molecular formula is C13H14ClN3O2S. The van der Waals surface area contributed by atoms with E-state index in [0.717, 1.165) is 5.56 Å². The minimum atomic E-state index is -3.71. The van der Waals surface area contributed by atoms with Gasteiger partial charge in [0.05, 0.1) is 10.7 Å². The van der Waals surface area contributed by atoms with E-state index in [0.29, 0.717) is 5.69 Å². The van der Waals surface area contributed by atoms with Crippen molar-refractivity contribution in [2.45, 2.75) is 11.8 Å². The van der Waals surface area contributed by atoms with E-state index in [9.17, 15) is 8.42 Å². The summed E-state index contributed by atoms with van der Waals surface area (Å²) < 4.78 is 26.1. The minimum Gasteiger partial charge on any atom is -0.382 e. The van der Waals surface area contributed by atoms with Gasteiger partial charge in [-0.1, -0.05) is 29.3 Å². The normalized spacial score (nSPS) is 11.3. The zero-order chi connectivity index (χ0) is 14.9. The molecule has 0 saturated heterocycles. The summed E-state index contributed by atoms with van der Waals surface area (Å²) in [4.78, 5) is 3.77. The van der Waals surface area contributed by atoms with Crippen LogP contribution in [0.1, 0.15) is 5.56 Å². The lowest BCUT2D eigenvalue weighted by atomic mass is 10.2. The van der Waals surface area contributed by atoms with Crippen LogP contribution in [-0.4, -0.2) is 20.4 Å². The fraction of sp³-hybridized carbons (Fsp3) is 0.154. The van der Waals surface area contributed by atoms with Gasteiger partial charge in [-0.25, -0.2) is 13.4 Å². The number of rotatable bonds is 3. The molecule has 106 valence electrons. The first kappa shape index (κ1) is 14.6. The van der Waals surface area contributed by atoms with Gasteiger partial charge in [0.2, 0.25) is 0 Å². The summed E-state index contributed by atoms with van der Waals surface area (Å²) in [7, 11) is -2.24. The van der Waals surface area contributed by atoms with E-state index >= 15 is 0 Å². The summed E-state index contributed by atoms with van der Waals surface area (Å²) in [6, 6.07) is 8.45. The molecule has 1 aromatic heterocycles. The first-order valence-corrected chi connectivity index (χ1v) is 7.61. The first-order valence-electron chi connectivity index (χ1n) is 5.79. The predicted octanol–water partition coefficient (Wildman–Crippen LogP) is 2.45. The molecule has 2 N–H and O–H groups in total. The zero-order valence-electron chi connectivity index (χ0n) is 11.0. The van der Waals surface area contributed by atoms with Gasteiger partial charge in [0, 0.05) is 13.2 Å². The van der Waals surface area contributed by atoms with E-state index in [2.05, 4.69) is 4.98 Å². The summed E-state index contributed by atoms with van der Waals surface area (Å²) in [5.41, 5.74) is 7.10. The molecule has 0 fully saturated rings. The Labute approximate surface area is 123 Å². The van der Waals surface area contributed by atoms with Gasteiger partial charge in [-0.2, -0.15) is 0 Å². The molecule has 0 aliphatic heterocycles. The van der Waals surface area contributed by atoms with Crippen LogP contribution >= 0.6 is 11.6 Å². The lowest BCUT2D eigenvalue weighted by Gasteiger charge is -2.19. The summed E-state index contributed by atoms with van der Waals surface area (Å²) >= 11 is 5.82. The van der Waals surface area contributed by atoms with Gasteiger partial charge in [0.15, 0.2) is 0 Å². The SMILES string of the molecule is Cc1ccc(N(C)S(=O)(=O)c2cnc(N)c(Cl)c2)cc1. The summed E-state index contributed by atoms with van der Waals surface area (Å²) in [5.74, 6) is 0.101. The van der Waals surface area contributed by atoms with Gasteiger partial charge in [-0.3, -0.25) is 4.31 Å². The number of nitrogens with two attached hydrogens (primary N) is 1. The second-order valence-electron chi connectivity index (χ2n) is 4.35. The summed E-state index contributed by atoms with van der Waals surface area (Å²) in [6.45, 7) is 1.93. The van der Waals surface area contributed by atoms with Gasteiger partial charge < -0.3 is 5.73 Å². The molecule has 1 aromatic carbocycles. The fourth-order valence-electron chi connectivity index (χ4n) is 1.62. The highest BCUT2D eigenvalue weighted by Crippen LogP contribution is 2.25. The fourth-order valence-corrected chi connectivity index (χ4v) is 3.02. The molecule has 20 heavy (non-hydrogen) atoms. The van der Waals surface area contributed by atoms with Crippen molar-refractivity contribution in [2.24, 2.45) is 0 Å². The van der Waals surface area contributed by atoms with Crippen molar-refractivity contribution in [2.75, 3.05) is 17.1 Å². The van der Waals surface area contributed by atoms with E-state index in [1.807, 2.05) is 19.1 Å². The standard InChI is InChI=1S/C13H14ClN3O2S/c1-9-3-5-10(6-4-9)17(2)20(18,19)11-7-12(14)13(15)16-8-11/h3-8H,1-2H3,(H2,15,16). The monoisotopic (exact) mass is 311 g/mol. The maximum atomic E-state index is 12.5. The third kappa shape index (κ3) is 2.71. The highest BCUT2D eigenvalue weighted by molar-refractivity contribution is 7.92. The Morgan fingerprint density at radius 2 is 1.85 bits per heavy atom. The number of nitrogen functional groups attached to an aromatic ring is 1. The molecule has 2 aromatic rings. The number of halogens is 1. The smallest absolute Gasteiger partial charge is 0.265 e. The van der Waals surface area contributed by atoms with Crippen molar-refractivity contribution in [3.63, 3.8) is 0 Å². The van der Waals surface area contributed by atoms with Crippen molar-refractivity contribution in [3.05, 3.63) is 47.1 Å². The molecule has 0 saturated carbocycles. The maximum Gasteiger partial charge on any atom is 0.265 e. The molecule has 5 nitrogen and oxygen atoms in total.